The van der Waals surface area contributed by atoms with Gasteiger partial charge in [0.2, 0.25) is 0 Å². The summed E-state index contributed by atoms with van der Waals surface area (Å²) < 4.78 is 0. The number of nitrogens with zero attached hydrogens (tertiary/aromatic N) is 4. The first-order valence-electron chi connectivity index (χ1n) is 20.4. The summed E-state index contributed by atoms with van der Waals surface area (Å²) in [7, 11) is 0. The second-order valence-electron chi connectivity index (χ2n) is 17.6. The van der Waals surface area contributed by atoms with Gasteiger partial charge in [-0.3, -0.25) is 19.6 Å². The number of hydrogen-bond acceptors (Lipinski definition) is 4. The molecule has 4 nitrogen and oxygen atoms in total. The van der Waals surface area contributed by atoms with Gasteiger partial charge in [-0.05, 0) is 187 Å². The zero-order valence-electron chi connectivity index (χ0n) is 35.3. The summed E-state index contributed by atoms with van der Waals surface area (Å²) in [6, 6.07) is 0. The van der Waals surface area contributed by atoms with E-state index >= 15 is 0 Å². The first kappa shape index (κ1) is 48.0. The van der Waals surface area contributed by atoms with Crippen LogP contribution in [-0.4, -0.2) is 94.1 Å². The Bertz CT molecular complexity index is 575. The van der Waals surface area contributed by atoms with Crippen LogP contribution in [0.25, 0.3) is 0 Å². The molecule has 4 rings (SSSR count). The molecule has 0 radical (unpaired) electrons. The van der Waals surface area contributed by atoms with Crippen molar-refractivity contribution in [2.24, 2.45) is 0 Å². The van der Waals surface area contributed by atoms with Crippen LogP contribution in [0.1, 0.15) is 201 Å². The zero-order valence-corrected chi connectivity index (χ0v) is 35.3. The minimum absolute atomic E-state index is 0.393. The van der Waals surface area contributed by atoms with E-state index in [1.165, 1.54) is 142 Å². The summed E-state index contributed by atoms with van der Waals surface area (Å²) in [6.45, 7) is 46.2. The SMILES string of the molecule is CC.CC.CC(C)(C)N1CCCCC1.CC(C)(C)N1CCCCC1.CC(C)(C)N1CCCCCC1.CC(C)(C)N1CCCCCC1. The largest absolute Gasteiger partial charge is 0.298 e. The van der Waals surface area contributed by atoms with Crippen molar-refractivity contribution in [1.29, 1.82) is 0 Å². The van der Waals surface area contributed by atoms with E-state index < -0.39 is 0 Å². The quantitative estimate of drug-likeness (QED) is 0.258. The topological polar surface area (TPSA) is 13.0 Å². The van der Waals surface area contributed by atoms with E-state index in [9.17, 15) is 0 Å². The van der Waals surface area contributed by atoms with Crippen LogP contribution in [0.5, 0.6) is 0 Å². The Hall–Kier alpha value is -0.160. The van der Waals surface area contributed by atoms with Crippen LogP contribution < -0.4 is 0 Å². The molecule has 4 heteroatoms. The molecule has 4 heterocycles. The Labute approximate surface area is 294 Å². The van der Waals surface area contributed by atoms with Gasteiger partial charge in [0.05, 0.1) is 0 Å². The average Bonchev–Trinajstić information content (AvgIpc) is 3.47. The number of piperidine rings is 2. The van der Waals surface area contributed by atoms with E-state index in [1.54, 1.807) is 0 Å². The molecule has 0 unspecified atom stereocenters. The van der Waals surface area contributed by atoms with Gasteiger partial charge < -0.3 is 0 Å². The summed E-state index contributed by atoms with van der Waals surface area (Å²) in [4.78, 5) is 10.4. The third-order valence-electron chi connectivity index (χ3n) is 9.72. The normalized spacial score (nSPS) is 21.4. The van der Waals surface area contributed by atoms with Gasteiger partial charge in [0, 0.05) is 22.2 Å². The minimum atomic E-state index is 0.393. The maximum atomic E-state index is 2.61. The van der Waals surface area contributed by atoms with Gasteiger partial charge in [0.15, 0.2) is 0 Å². The van der Waals surface area contributed by atoms with Crippen molar-refractivity contribution in [1.82, 2.24) is 19.6 Å². The van der Waals surface area contributed by atoms with Crippen molar-refractivity contribution in [3.05, 3.63) is 0 Å². The van der Waals surface area contributed by atoms with Crippen LogP contribution >= 0.6 is 0 Å². The van der Waals surface area contributed by atoms with E-state index in [0.29, 0.717) is 22.2 Å². The lowest BCUT2D eigenvalue weighted by Crippen LogP contribution is -2.44. The molecule has 46 heavy (non-hydrogen) atoms. The Kier molecular flexibility index (Phi) is 26.9. The van der Waals surface area contributed by atoms with Gasteiger partial charge in [0.25, 0.3) is 0 Å². The maximum absolute atomic E-state index is 2.61. The van der Waals surface area contributed by atoms with Crippen molar-refractivity contribution in [2.45, 2.75) is 223 Å². The summed E-state index contributed by atoms with van der Waals surface area (Å²) in [5.74, 6) is 0. The highest BCUT2D eigenvalue weighted by molar-refractivity contribution is 4.80. The number of likely N-dealkylation sites (tertiary alicyclic amines) is 4. The van der Waals surface area contributed by atoms with Crippen LogP contribution in [0.15, 0.2) is 0 Å². The summed E-state index contributed by atoms with van der Waals surface area (Å²) in [5.41, 5.74) is 1.59. The second kappa shape index (κ2) is 25.8. The Morgan fingerprint density at radius 1 is 0.217 bits per heavy atom. The molecule has 4 saturated heterocycles. The fourth-order valence-corrected chi connectivity index (χ4v) is 6.61. The van der Waals surface area contributed by atoms with E-state index in [-0.39, 0.29) is 0 Å². The first-order chi connectivity index (χ1) is 21.4. The highest BCUT2D eigenvalue weighted by Crippen LogP contribution is 2.21. The van der Waals surface area contributed by atoms with Gasteiger partial charge in [-0.25, -0.2) is 0 Å². The van der Waals surface area contributed by atoms with Gasteiger partial charge in [0.1, 0.15) is 0 Å². The highest BCUT2D eigenvalue weighted by atomic mass is 15.2. The van der Waals surface area contributed by atoms with Crippen molar-refractivity contribution in [3.8, 4) is 0 Å². The third kappa shape index (κ3) is 24.0. The molecule has 0 amide bonds. The van der Waals surface area contributed by atoms with Crippen LogP contribution in [0.4, 0.5) is 0 Å². The van der Waals surface area contributed by atoms with E-state index in [4.69, 9.17) is 0 Å². The van der Waals surface area contributed by atoms with Crippen LogP contribution in [0, 0.1) is 0 Å². The molecular formula is C42H92N4. The second-order valence-corrected chi connectivity index (χ2v) is 17.6. The van der Waals surface area contributed by atoms with Crippen LogP contribution in [0.2, 0.25) is 0 Å². The van der Waals surface area contributed by atoms with Crippen LogP contribution in [0.3, 0.4) is 0 Å². The van der Waals surface area contributed by atoms with E-state index in [1.807, 2.05) is 27.7 Å². The third-order valence-corrected chi connectivity index (χ3v) is 9.72. The average molecular weight is 653 g/mol. The Morgan fingerprint density at radius 2 is 0.326 bits per heavy atom. The standard InChI is InChI=1S/2C10H21N.2C9H19N.2C2H6/c2*1-10(2,3)11-8-6-4-5-7-9-11;2*1-9(2,3)10-7-5-4-6-8-10;2*1-2/h2*4-9H2,1-3H3;2*4-8H2,1-3H3;2*1-2H3. The van der Waals surface area contributed by atoms with Crippen molar-refractivity contribution in [3.63, 3.8) is 0 Å². The molecule has 0 N–H and O–H groups in total. The van der Waals surface area contributed by atoms with Crippen LogP contribution in [-0.2, 0) is 0 Å². The number of hydrogen-bond donors (Lipinski definition) is 0. The molecule has 4 aliphatic rings. The molecule has 0 aliphatic carbocycles. The molecular weight excluding hydrogens is 560 g/mol. The molecule has 0 aromatic rings. The molecule has 0 spiro atoms. The fourth-order valence-electron chi connectivity index (χ4n) is 6.61. The molecule has 0 aromatic carbocycles. The fraction of sp³-hybridized carbons (Fsp3) is 1.00. The summed E-state index contributed by atoms with van der Waals surface area (Å²) >= 11 is 0. The molecule has 0 atom stereocenters. The molecule has 4 aliphatic heterocycles. The lowest BCUT2D eigenvalue weighted by molar-refractivity contribution is 0.110. The maximum Gasteiger partial charge on any atom is 0.0125 e. The van der Waals surface area contributed by atoms with E-state index in [0.717, 1.165) is 0 Å². The van der Waals surface area contributed by atoms with Gasteiger partial charge in [-0.1, -0.05) is 66.2 Å². The molecule has 0 bridgehead atoms. The van der Waals surface area contributed by atoms with Gasteiger partial charge in [-0.2, -0.15) is 0 Å². The van der Waals surface area contributed by atoms with Gasteiger partial charge in [-0.15, -0.1) is 0 Å². The predicted molar refractivity (Wildman–Crippen MR) is 213 cm³/mol. The smallest absolute Gasteiger partial charge is 0.0125 e. The number of rotatable bonds is 0. The summed E-state index contributed by atoms with van der Waals surface area (Å²) in [5, 5.41) is 0. The summed E-state index contributed by atoms with van der Waals surface area (Å²) in [6.07, 6.45) is 19.8. The van der Waals surface area contributed by atoms with Gasteiger partial charge >= 0.3 is 0 Å². The molecule has 0 aromatic heterocycles. The Balaban J connectivity index is 0. The highest BCUT2D eigenvalue weighted by Gasteiger charge is 2.24. The first-order valence-corrected chi connectivity index (χ1v) is 20.4. The van der Waals surface area contributed by atoms with Crippen molar-refractivity contribution < 1.29 is 0 Å². The van der Waals surface area contributed by atoms with E-state index in [2.05, 4.69) is 103 Å². The zero-order chi connectivity index (χ0) is 35.9. The lowest BCUT2D eigenvalue weighted by Gasteiger charge is -2.38. The van der Waals surface area contributed by atoms with Crippen molar-refractivity contribution in [2.75, 3.05) is 52.4 Å². The molecule has 280 valence electrons. The molecule has 0 saturated carbocycles. The molecule has 4 fully saturated rings. The lowest BCUT2D eigenvalue weighted by atomic mass is 10.0. The van der Waals surface area contributed by atoms with Crippen molar-refractivity contribution >= 4 is 0 Å². The predicted octanol–water partition coefficient (Wildman–Crippen LogP) is 11.9. The Morgan fingerprint density at radius 3 is 0.435 bits per heavy atom. The monoisotopic (exact) mass is 653 g/mol. The minimum Gasteiger partial charge on any atom is -0.298 e.